The Kier molecular flexibility index (Phi) is 3.99. The highest BCUT2D eigenvalue weighted by atomic mass is 35.5. The van der Waals surface area contributed by atoms with Gasteiger partial charge in [-0.3, -0.25) is 14.9 Å². The molecule has 0 saturated carbocycles. The largest absolute Gasteiger partial charge is 0.384 e. The first-order chi connectivity index (χ1) is 9.88. The number of pyridine rings is 1. The molecule has 0 radical (unpaired) electrons. The molecule has 0 aliphatic heterocycles. The molecule has 0 saturated heterocycles. The third-order valence-electron chi connectivity index (χ3n) is 2.52. The molecule has 2 aromatic rings. The fraction of sp³-hybridized carbons (Fsp3) is 0. The molecule has 1 aromatic heterocycles. The van der Waals surface area contributed by atoms with Gasteiger partial charge in [0.1, 0.15) is 23.4 Å². The Morgan fingerprint density at radius 3 is 2.76 bits per heavy atom. The third kappa shape index (κ3) is 3.23. The summed E-state index contributed by atoms with van der Waals surface area (Å²) >= 11 is 5.59. The first kappa shape index (κ1) is 14.7. The number of hydrogen-bond acceptors (Lipinski definition) is 5. The van der Waals surface area contributed by atoms with Crippen LogP contribution in [0.25, 0.3) is 0 Å². The van der Waals surface area contributed by atoms with Gasteiger partial charge in [-0.15, -0.1) is 0 Å². The quantitative estimate of drug-likeness (QED) is 0.668. The molecule has 3 N–H and O–H groups in total. The highest BCUT2D eigenvalue weighted by Gasteiger charge is 2.21. The maximum absolute atomic E-state index is 13.0. The van der Waals surface area contributed by atoms with Crippen LogP contribution in [0.2, 0.25) is 5.02 Å². The van der Waals surface area contributed by atoms with Gasteiger partial charge in [0.25, 0.3) is 11.6 Å². The predicted octanol–water partition coefficient (Wildman–Crippen LogP) is 2.62. The highest BCUT2D eigenvalue weighted by molar-refractivity contribution is 6.31. The average molecular weight is 311 g/mol. The summed E-state index contributed by atoms with van der Waals surface area (Å²) in [6.07, 6.45) is 0.891. The van der Waals surface area contributed by atoms with Crippen molar-refractivity contribution < 1.29 is 14.1 Å². The van der Waals surface area contributed by atoms with Gasteiger partial charge in [-0.2, -0.15) is 0 Å². The number of nitrogens with two attached hydrogens (primary N) is 1. The van der Waals surface area contributed by atoms with E-state index >= 15 is 0 Å². The van der Waals surface area contributed by atoms with E-state index in [2.05, 4.69) is 10.3 Å². The summed E-state index contributed by atoms with van der Waals surface area (Å²) in [5.74, 6) is -1.46. The van der Waals surface area contributed by atoms with E-state index < -0.39 is 22.3 Å². The number of hydrogen-bond donors (Lipinski definition) is 2. The van der Waals surface area contributed by atoms with Crippen molar-refractivity contribution in [2.75, 3.05) is 11.1 Å². The summed E-state index contributed by atoms with van der Waals surface area (Å²) < 4.78 is 13.0. The molecule has 0 aliphatic carbocycles. The smallest absolute Gasteiger partial charge is 0.300 e. The summed E-state index contributed by atoms with van der Waals surface area (Å²) in [4.78, 5) is 25.7. The molecule has 21 heavy (non-hydrogen) atoms. The summed E-state index contributed by atoms with van der Waals surface area (Å²) in [6, 6.07) is 4.60. The molecule has 0 aliphatic rings. The van der Waals surface area contributed by atoms with Crippen molar-refractivity contribution in [2.45, 2.75) is 0 Å². The Morgan fingerprint density at radius 2 is 2.14 bits per heavy atom. The number of nitro groups is 1. The molecular formula is C12H8ClFN4O3. The zero-order valence-corrected chi connectivity index (χ0v) is 11.1. The number of nitrogen functional groups attached to an aromatic ring is 1. The van der Waals surface area contributed by atoms with Crippen LogP contribution in [0, 0.1) is 15.9 Å². The second kappa shape index (κ2) is 5.71. The number of amides is 1. The molecule has 0 bridgehead atoms. The summed E-state index contributed by atoms with van der Waals surface area (Å²) in [5.41, 5.74) is 4.86. The average Bonchev–Trinajstić information content (AvgIpc) is 2.42. The molecule has 0 fully saturated rings. The van der Waals surface area contributed by atoms with Crippen molar-refractivity contribution in [2.24, 2.45) is 0 Å². The van der Waals surface area contributed by atoms with Crippen molar-refractivity contribution in [3.63, 3.8) is 0 Å². The molecule has 7 nitrogen and oxygen atoms in total. The van der Waals surface area contributed by atoms with Crippen molar-refractivity contribution in [1.29, 1.82) is 0 Å². The van der Waals surface area contributed by atoms with E-state index in [1.54, 1.807) is 0 Å². The fourth-order valence-corrected chi connectivity index (χ4v) is 1.74. The number of rotatable bonds is 3. The van der Waals surface area contributed by atoms with Crippen LogP contribution in [0.3, 0.4) is 0 Å². The number of nitrogens with one attached hydrogen (secondary N) is 1. The number of halogens is 2. The van der Waals surface area contributed by atoms with Crippen LogP contribution in [0.15, 0.2) is 30.5 Å². The van der Waals surface area contributed by atoms with Crippen molar-refractivity contribution in [3.05, 3.63) is 57.0 Å². The first-order valence-electron chi connectivity index (χ1n) is 5.55. The third-order valence-corrected chi connectivity index (χ3v) is 2.81. The Morgan fingerprint density at radius 1 is 1.43 bits per heavy atom. The Balaban J connectivity index is 2.34. The number of carbonyl (C=O) groups is 1. The van der Waals surface area contributed by atoms with Crippen LogP contribution in [0.5, 0.6) is 0 Å². The van der Waals surface area contributed by atoms with Crippen LogP contribution in [0.4, 0.5) is 21.6 Å². The minimum absolute atomic E-state index is 0.0390. The molecule has 108 valence electrons. The SMILES string of the molecule is Nc1cc(C(=O)Nc2ccc(F)c(Cl)c2)c([N+](=O)[O-])cn1. The first-order valence-corrected chi connectivity index (χ1v) is 5.92. The Labute approximate surface area is 122 Å². The maximum Gasteiger partial charge on any atom is 0.300 e. The number of aromatic nitrogens is 1. The number of anilines is 2. The monoisotopic (exact) mass is 310 g/mol. The molecular weight excluding hydrogens is 303 g/mol. The minimum atomic E-state index is -0.779. The molecule has 0 spiro atoms. The number of benzene rings is 1. The molecule has 0 atom stereocenters. The van der Waals surface area contributed by atoms with Gasteiger partial charge in [0.2, 0.25) is 0 Å². The normalized spacial score (nSPS) is 10.2. The van der Waals surface area contributed by atoms with E-state index in [0.29, 0.717) is 0 Å². The van der Waals surface area contributed by atoms with Gasteiger partial charge in [-0.05, 0) is 24.3 Å². The highest BCUT2D eigenvalue weighted by Crippen LogP contribution is 2.23. The summed E-state index contributed by atoms with van der Waals surface area (Å²) in [6.45, 7) is 0. The van der Waals surface area contributed by atoms with Gasteiger partial charge in [-0.25, -0.2) is 9.37 Å². The van der Waals surface area contributed by atoms with E-state index in [9.17, 15) is 19.3 Å². The standard InChI is InChI=1S/C12H8ClFN4O3/c13-8-3-6(1-2-9(8)14)17-12(19)7-4-11(15)16-5-10(7)18(20)21/h1-5H,(H2,15,16)(H,17,19). The summed E-state index contributed by atoms with van der Waals surface area (Å²) in [7, 11) is 0. The van der Waals surface area contributed by atoms with Gasteiger partial charge in [0.05, 0.1) is 9.95 Å². The van der Waals surface area contributed by atoms with Crippen LogP contribution in [-0.4, -0.2) is 15.8 Å². The molecule has 1 amide bonds. The molecule has 1 aromatic carbocycles. The zero-order valence-electron chi connectivity index (χ0n) is 10.3. The van der Waals surface area contributed by atoms with E-state index in [-0.39, 0.29) is 22.1 Å². The molecule has 9 heteroatoms. The Hall–Kier alpha value is -2.74. The molecule has 0 unspecified atom stereocenters. The minimum Gasteiger partial charge on any atom is -0.384 e. The van der Waals surface area contributed by atoms with Crippen LogP contribution < -0.4 is 11.1 Å². The lowest BCUT2D eigenvalue weighted by atomic mass is 10.2. The van der Waals surface area contributed by atoms with Crippen molar-refractivity contribution >= 4 is 34.7 Å². The molecule has 1 heterocycles. The van der Waals surface area contributed by atoms with Gasteiger partial charge in [0.15, 0.2) is 0 Å². The van der Waals surface area contributed by atoms with E-state index in [4.69, 9.17) is 17.3 Å². The van der Waals surface area contributed by atoms with Crippen molar-refractivity contribution in [1.82, 2.24) is 4.98 Å². The zero-order chi connectivity index (χ0) is 15.6. The lowest BCUT2D eigenvalue weighted by Crippen LogP contribution is -2.15. The van der Waals surface area contributed by atoms with Crippen LogP contribution in [-0.2, 0) is 0 Å². The lowest BCUT2D eigenvalue weighted by Gasteiger charge is -2.07. The van der Waals surface area contributed by atoms with Gasteiger partial charge in [-0.1, -0.05) is 11.6 Å². The fourth-order valence-electron chi connectivity index (χ4n) is 1.56. The van der Waals surface area contributed by atoms with Gasteiger partial charge in [0, 0.05) is 5.69 Å². The number of nitrogens with zero attached hydrogens (tertiary/aromatic N) is 2. The van der Waals surface area contributed by atoms with Crippen LogP contribution >= 0.6 is 11.6 Å². The van der Waals surface area contributed by atoms with Crippen LogP contribution in [0.1, 0.15) is 10.4 Å². The Bertz CT molecular complexity index is 738. The van der Waals surface area contributed by atoms with Crippen molar-refractivity contribution in [3.8, 4) is 0 Å². The predicted molar refractivity (Wildman–Crippen MR) is 74.7 cm³/mol. The van der Waals surface area contributed by atoms with E-state index in [1.165, 1.54) is 12.1 Å². The van der Waals surface area contributed by atoms with Gasteiger partial charge < -0.3 is 11.1 Å². The number of carbonyl (C=O) groups excluding carboxylic acids is 1. The van der Waals surface area contributed by atoms with E-state index in [0.717, 1.165) is 18.3 Å². The topological polar surface area (TPSA) is 111 Å². The summed E-state index contributed by atoms with van der Waals surface area (Å²) in [5, 5.41) is 13.0. The maximum atomic E-state index is 13.0. The van der Waals surface area contributed by atoms with E-state index in [1.807, 2.05) is 0 Å². The molecule has 2 rings (SSSR count). The second-order valence-corrected chi connectivity index (χ2v) is 4.37. The lowest BCUT2D eigenvalue weighted by molar-refractivity contribution is -0.385. The van der Waals surface area contributed by atoms with Gasteiger partial charge >= 0.3 is 0 Å². The second-order valence-electron chi connectivity index (χ2n) is 3.97.